The molecule has 0 bridgehead atoms. The lowest BCUT2D eigenvalue weighted by molar-refractivity contribution is -0.164. The largest absolute Gasteiger partial charge is 0.455 e. The third-order valence-corrected chi connectivity index (χ3v) is 11.1. The van der Waals surface area contributed by atoms with Gasteiger partial charge in [-0.05, 0) is 49.1 Å². The van der Waals surface area contributed by atoms with Crippen molar-refractivity contribution >= 4 is 41.0 Å². The number of anilines is 1. The topological polar surface area (TPSA) is 117 Å². The first-order chi connectivity index (χ1) is 23.5. The summed E-state index contributed by atoms with van der Waals surface area (Å²) in [7, 11) is 1.70. The number of hydrogen-bond acceptors (Lipinski definition) is 7. The van der Waals surface area contributed by atoms with Gasteiger partial charge in [-0.1, -0.05) is 86.5 Å². The van der Waals surface area contributed by atoms with E-state index in [-0.39, 0.29) is 37.3 Å². The van der Waals surface area contributed by atoms with Crippen molar-refractivity contribution in [2.45, 2.75) is 76.0 Å². The molecule has 0 saturated carbocycles. The zero-order valence-electron chi connectivity index (χ0n) is 28.3. The maximum absolute atomic E-state index is 14.9. The number of fused-ring (bicyclic) bond motifs is 2. The summed E-state index contributed by atoms with van der Waals surface area (Å²) in [4.78, 5) is 62.2. The van der Waals surface area contributed by atoms with Crippen LogP contribution in [-0.4, -0.2) is 88.6 Å². The summed E-state index contributed by atoms with van der Waals surface area (Å²) >= 11 is 6.17. The maximum Gasteiger partial charge on any atom is 0.313 e. The highest BCUT2D eigenvalue weighted by atomic mass is 35.5. The third kappa shape index (κ3) is 6.08. The first-order valence-electron chi connectivity index (χ1n) is 17.1. The number of likely N-dealkylation sites (N-methyl/N-ethyl adjacent to an activating group) is 1. The van der Waals surface area contributed by atoms with Gasteiger partial charge in [0.2, 0.25) is 11.8 Å². The van der Waals surface area contributed by atoms with E-state index in [1.54, 1.807) is 65.4 Å². The molecule has 9 atom stereocenters. The molecule has 2 saturated heterocycles. The second-order valence-corrected chi connectivity index (χ2v) is 14.0. The van der Waals surface area contributed by atoms with Crippen molar-refractivity contribution in [2.75, 3.05) is 25.1 Å². The van der Waals surface area contributed by atoms with Crippen LogP contribution >= 0.6 is 11.6 Å². The fourth-order valence-corrected chi connectivity index (χ4v) is 7.98. The highest BCUT2D eigenvalue weighted by molar-refractivity contribution is 6.30. The summed E-state index contributed by atoms with van der Waals surface area (Å²) in [5, 5.41) is 11.2. The number of benzene rings is 2. The van der Waals surface area contributed by atoms with Crippen LogP contribution in [0.1, 0.15) is 51.7 Å². The monoisotopic (exact) mass is 689 g/mol. The molecule has 0 radical (unpaired) electrons. The number of likely N-dealkylation sites (tertiary alicyclic amines) is 1. The van der Waals surface area contributed by atoms with Crippen LogP contribution in [0.4, 0.5) is 5.69 Å². The Morgan fingerprint density at radius 1 is 1.02 bits per heavy atom. The molecule has 11 heteroatoms. The summed E-state index contributed by atoms with van der Waals surface area (Å²) in [5.74, 6) is -3.97. The summed E-state index contributed by atoms with van der Waals surface area (Å²) in [6.07, 6.45) is 6.62. The van der Waals surface area contributed by atoms with Crippen LogP contribution in [0.2, 0.25) is 5.02 Å². The quantitative estimate of drug-likeness (QED) is 0.345. The van der Waals surface area contributed by atoms with E-state index in [4.69, 9.17) is 21.1 Å². The molecule has 0 aliphatic carbocycles. The van der Waals surface area contributed by atoms with Gasteiger partial charge in [-0.2, -0.15) is 0 Å². The van der Waals surface area contributed by atoms with Crippen LogP contribution in [0.5, 0.6) is 0 Å². The van der Waals surface area contributed by atoms with E-state index in [2.05, 4.69) is 0 Å². The van der Waals surface area contributed by atoms with Gasteiger partial charge < -0.3 is 29.3 Å². The molecule has 4 heterocycles. The van der Waals surface area contributed by atoms with E-state index in [1.165, 1.54) is 4.90 Å². The fraction of sp³-hybridized carbons (Fsp3) is 0.474. The molecule has 4 aliphatic heterocycles. The maximum atomic E-state index is 14.9. The van der Waals surface area contributed by atoms with Gasteiger partial charge in [0.25, 0.3) is 5.91 Å². The molecule has 1 spiro atoms. The molecular formula is C38H44ClN3O7. The zero-order valence-corrected chi connectivity index (χ0v) is 29.0. The van der Waals surface area contributed by atoms with Crippen molar-refractivity contribution in [3.63, 3.8) is 0 Å². The van der Waals surface area contributed by atoms with E-state index in [0.29, 0.717) is 29.1 Å². The number of aliphatic hydroxyl groups excluding tert-OH is 1. The lowest BCUT2D eigenvalue weighted by Gasteiger charge is -2.40. The molecule has 4 aliphatic rings. The number of allylic oxidation sites excluding steroid dienone is 1. The average molecular weight is 690 g/mol. The normalized spacial score (nSPS) is 32.3. The molecular weight excluding hydrogens is 646 g/mol. The van der Waals surface area contributed by atoms with Gasteiger partial charge in [0, 0.05) is 30.7 Å². The van der Waals surface area contributed by atoms with E-state index < -0.39 is 59.6 Å². The molecule has 0 unspecified atom stereocenters. The Hall–Kier alpha value is -3.99. The van der Waals surface area contributed by atoms with Crippen LogP contribution in [0.15, 0.2) is 78.9 Å². The lowest BCUT2D eigenvalue weighted by atomic mass is 9.77. The first kappa shape index (κ1) is 34.9. The predicted molar refractivity (Wildman–Crippen MR) is 184 cm³/mol. The average Bonchev–Trinajstić information content (AvgIpc) is 3.49. The molecule has 2 aromatic carbocycles. The number of nitrogens with zero attached hydrogens (tertiary/aromatic N) is 3. The molecule has 3 amide bonds. The Balaban J connectivity index is 1.48. The molecule has 2 fully saturated rings. The number of hydrogen-bond donors (Lipinski definition) is 1. The van der Waals surface area contributed by atoms with Crippen molar-refractivity contribution in [2.24, 2.45) is 17.8 Å². The van der Waals surface area contributed by atoms with Crippen molar-refractivity contribution in [1.29, 1.82) is 0 Å². The van der Waals surface area contributed by atoms with Crippen LogP contribution < -0.4 is 4.90 Å². The number of esters is 1. The van der Waals surface area contributed by atoms with E-state index in [1.807, 2.05) is 51.1 Å². The van der Waals surface area contributed by atoms with Gasteiger partial charge in [-0.3, -0.25) is 19.2 Å². The number of halogens is 1. The third-order valence-electron chi connectivity index (χ3n) is 10.9. The van der Waals surface area contributed by atoms with Gasteiger partial charge in [0.05, 0.1) is 30.7 Å². The van der Waals surface area contributed by atoms with E-state index in [9.17, 15) is 24.3 Å². The Morgan fingerprint density at radius 2 is 1.73 bits per heavy atom. The molecule has 0 aromatic heterocycles. The number of cyclic esters (lactones) is 1. The highest BCUT2D eigenvalue weighted by Gasteiger charge is 2.73. The van der Waals surface area contributed by atoms with Gasteiger partial charge in [-0.15, -0.1) is 0 Å². The van der Waals surface area contributed by atoms with Crippen molar-refractivity contribution in [3.05, 3.63) is 89.5 Å². The fourth-order valence-electron chi connectivity index (χ4n) is 7.85. The molecule has 2 aromatic rings. The van der Waals surface area contributed by atoms with E-state index >= 15 is 0 Å². The number of ether oxygens (including phenoxy) is 2. The molecule has 10 nitrogen and oxygen atoms in total. The van der Waals surface area contributed by atoms with Gasteiger partial charge in [-0.25, -0.2) is 0 Å². The van der Waals surface area contributed by atoms with Crippen molar-refractivity contribution < 1.29 is 33.8 Å². The minimum absolute atomic E-state index is 0.0976. The Kier molecular flexibility index (Phi) is 10.0. The van der Waals surface area contributed by atoms with Gasteiger partial charge in [0.1, 0.15) is 23.7 Å². The second-order valence-electron chi connectivity index (χ2n) is 13.5. The lowest BCUT2D eigenvalue weighted by Crippen LogP contribution is -2.59. The number of aliphatic hydroxyl groups is 1. The predicted octanol–water partition coefficient (Wildman–Crippen LogP) is 4.71. The summed E-state index contributed by atoms with van der Waals surface area (Å²) in [6.45, 7) is 5.56. The second kappa shape index (κ2) is 14.1. The van der Waals surface area contributed by atoms with Crippen LogP contribution in [0.25, 0.3) is 0 Å². The molecule has 6 rings (SSSR count). The van der Waals surface area contributed by atoms with E-state index in [0.717, 1.165) is 0 Å². The highest BCUT2D eigenvalue weighted by Crippen LogP contribution is 2.54. The molecule has 49 heavy (non-hydrogen) atoms. The minimum Gasteiger partial charge on any atom is -0.455 e. The summed E-state index contributed by atoms with van der Waals surface area (Å²) in [5.41, 5.74) is -0.234. The molecule has 1 N–H and O–H groups in total. The first-order valence-corrected chi connectivity index (χ1v) is 17.4. The number of carbonyl (C=O) groups excluding carboxylic acids is 4. The molecule has 260 valence electrons. The van der Waals surface area contributed by atoms with Crippen molar-refractivity contribution in [3.8, 4) is 0 Å². The Morgan fingerprint density at radius 3 is 2.41 bits per heavy atom. The number of amides is 3. The smallest absolute Gasteiger partial charge is 0.313 e. The summed E-state index contributed by atoms with van der Waals surface area (Å²) in [6, 6.07) is 13.7. The van der Waals surface area contributed by atoms with Gasteiger partial charge in [0.15, 0.2) is 0 Å². The zero-order chi connectivity index (χ0) is 35.0. The number of carbonyl (C=O) groups is 4. The minimum atomic E-state index is -1.53. The Labute approximate surface area is 292 Å². The Bertz CT molecular complexity index is 1630. The SMILES string of the molecule is CC[C@H](C)[C@H](CO)N1C(=O)[C@@H]2[C@H]3C(=O)O[C@H](c4ccccc4)[C@@H](C)N(C)C(=O)CC/C=C\[C@H]3O[C@@]23C=CCN(c2ccc(Cl)cc2)C(=O)[C@@H]13. The number of rotatable bonds is 6. The summed E-state index contributed by atoms with van der Waals surface area (Å²) < 4.78 is 13.2. The van der Waals surface area contributed by atoms with Crippen LogP contribution in [-0.2, 0) is 28.7 Å². The standard InChI is InChI=1S/C38H44ClN3O7/c1-5-23(2)28(22-43)42-34-36(46)41(27-18-16-26(39)17-19-27)21-11-20-38(34)32(35(42)45)31-29(49-38)14-9-10-15-30(44)40(4)24(3)33(48-37(31)47)25-12-7-6-8-13-25/h6-9,11-14,16-20,23-24,28-29,31-34,43H,5,10,15,21-22H2,1-4H3/b14-9-/t23-,24+,28-,29+,31-,32-,33-,34+,38-/m0/s1. The van der Waals surface area contributed by atoms with Crippen LogP contribution in [0, 0.1) is 17.8 Å². The van der Waals surface area contributed by atoms with Gasteiger partial charge >= 0.3 is 5.97 Å². The van der Waals surface area contributed by atoms with Crippen LogP contribution in [0.3, 0.4) is 0 Å². The van der Waals surface area contributed by atoms with Crippen molar-refractivity contribution in [1.82, 2.24) is 9.80 Å².